The van der Waals surface area contributed by atoms with E-state index in [1.165, 1.54) is 32.1 Å². The molecule has 2 unspecified atom stereocenters. The minimum Gasteiger partial charge on any atom is -0.389 e. The third kappa shape index (κ3) is 2.40. The average Bonchev–Trinajstić information content (AvgIpc) is 3.05. The number of ether oxygens (including phenoxy) is 1. The summed E-state index contributed by atoms with van der Waals surface area (Å²) in [5.74, 6) is 0. The van der Waals surface area contributed by atoms with Gasteiger partial charge in [0.15, 0.2) is 0 Å². The van der Waals surface area contributed by atoms with Crippen LogP contribution in [0.5, 0.6) is 0 Å². The number of rotatable bonds is 3. The second kappa shape index (κ2) is 5.15. The van der Waals surface area contributed by atoms with Crippen molar-refractivity contribution in [1.29, 1.82) is 0 Å². The third-order valence-electron chi connectivity index (χ3n) is 5.09. The molecule has 1 saturated heterocycles. The third-order valence-corrected chi connectivity index (χ3v) is 5.09. The van der Waals surface area contributed by atoms with E-state index in [-0.39, 0.29) is 11.7 Å². The minimum atomic E-state index is -0.450. The summed E-state index contributed by atoms with van der Waals surface area (Å²) in [6, 6.07) is 0. The predicted molar refractivity (Wildman–Crippen MR) is 77.6 cm³/mol. The van der Waals surface area contributed by atoms with E-state index in [4.69, 9.17) is 4.74 Å². The Bertz CT molecular complexity index is 487. The van der Waals surface area contributed by atoms with Gasteiger partial charge >= 0.3 is 0 Å². The summed E-state index contributed by atoms with van der Waals surface area (Å²) < 4.78 is 8.38. The van der Waals surface area contributed by atoms with Crippen LogP contribution in [0.2, 0.25) is 0 Å². The van der Waals surface area contributed by atoms with E-state index in [1.54, 1.807) is 6.92 Å². The quantitative estimate of drug-likeness (QED) is 0.924. The second-order valence-corrected chi connectivity index (χ2v) is 6.61. The Balaban J connectivity index is 1.71. The summed E-state index contributed by atoms with van der Waals surface area (Å²) in [6.07, 6.45) is 7.29. The van der Waals surface area contributed by atoms with Crippen molar-refractivity contribution in [3.05, 3.63) is 17.0 Å². The van der Waals surface area contributed by atoms with E-state index in [9.17, 15) is 5.11 Å². The standard InChI is InChI=1S/C16H26N2O2/c1-11-15(13(3)19)12(2)18(17-11)10-14-6-9-16(20-14)7-4-5-8-16/h13-14,19H,4-10H2,1-3H3. The molecule has 1 N–H and O–H groups in total. The molecule has 2 atom stereocenters. The van der Waals surface area contributed by atoms with Crippen LogP contribution in [0.25, 0.3) is 0 Å². The van der Waals surface area contributed by atoms with Gasteiger partial charge in [0.05, 0.1) is 30.0 Å². The molecule has 4 nitrogen and oxygen atoms in total. The molecule has 4 heteroatoms. The molecule has 0 aromatic carbocycles. The molecule has 0 bridgehead atoms. The zero-order valence-electron chi connectivity index (χ0n) is 12.9. The van der Waals surface area contributed by atoms with Crippen molar-refractivity contribution in [3.63, 3.8) is 0 Å². The maximum absolute atomic E-state index is 9.84. The lowest BCUT2D eigenvalue weighted by Gasteiger charge is -2.24. The minimum absolute atomic E-state index is 0.188. The normalized spacial score (nSPS) is 26.5. The SMILES string of the molecule is Cc1nn(CC2CCC3(CCCC3)O2)c(C)c1C(C)O. The summed E-state index contributed by atoms with van der Waals surface area (Å²) in [4.78, 5) is 0. The van der Waals surface area contributed by atoms with Crippen molar-refractivity contribution in [2.75, 3.05) is 0 Å². The Morgan fingerprint density at radius 3 is 2.65 bits per heavy atom. The topological polar surface area (TPSA) is 47.3 Å². The Morgan fingerprint density at radius 2 is 2.05 bits per heavy atom. The van der Waals surface area contributed by atoms with Crippen molar-refractivity contribution in [2.45, 2.75) is 83.6 Å². The molecule has 0 radical (unpaired) electrons. The molecule has 3 rings (SSSR count). The van der Waals surface area contributed by atoms with Crippen LogP contribution in [0.1, 0.15) is 68.5 Å². The maximum atomic E-state index is 9.84. The van der Waals surface area contributed by atoms with Crippen molar-refractivity contribution in [1.82, 2.24) is 9.78 Å². The average molecular weight is 278 g/mol. The number of aliphatic hydroxyl groups excluding tert-OH is 1. The van der Waals surface area contributed by atoms with Gasteiger partial charge in [0.25, 0.3) is 0 Å². The van der Waals surface area contributed by atoms with Gasteiger partial charge in [-0.1, -0.05) is 12.8 Å². The Hall–Kier alpha value is -0.870. The molecule has 20 heavy (non-hydrogen) atoms. The van der Waals surface area contributed by atoms with Crippen molar-refractivity contribution < 1.29 is 9.84 Å². The van der Waals surface area contributed by atoms with Gasteiger partial charge in [-0.25, -0.2) is 0 Å². The molecule has 2 aliphatic rings. The van der Waals surface area contributed by atoms with Gasteiger partial charge in [-0.3, -0.25) is 4.68 Å². The molecule has 2 fully saturated rings. The van der Waals surface area contributed by atoms with Gasteiger partial charge in [-0.2, -0.15) is 5.10 Å². The number of aryl methyl sites for hydroxylation is 1. The lowest BCUT2D eigenvalue weighted by Crippen LogP contribution is -2.27. The number of hydrogen-bond acceptors (Lipinski definition) is 3. The first-order valence-electron chi connectivity index (χ1n) is 7.90. The molecule has 1 aromatic heterocycles. The van der Waals surface area contributed by atoms with Crippen LogP contribution < -0.4 is 0 Å². The van der Waals surface area contributed by atoms with Crippen LogP contribution in [0.3, 0.4) is 0 Å². The van der Waals surface area contributed by atoms with Crippen LogP contribution in [-0.2, 0) is 11.3 Å². The second-order valence-electron chi connectivity index (χ2n) is 6.61. The highest BCUT2D eigenvalue weighted by atomic mass is 16.5. The van der Waals surface area contributed by atoms with Crippen LogP contribution in [0.15, 0.2) is 0 Å². The van der Waals surface area contributed by atoms with Crippen LogP contribution in [0.4, 0.5) is 0 Å². The first-order chi connectivity index (χ1) is 9.51. The molecular formula is C16H26N2O2. The molecule has 1 aromatic rings. The van der Waals surface area contributed by atoms with E-state index >= 15 is 0 Å². The van der Waals surface area contributed by atoms with E-state index in [0.29, 0.717) is 0 Å². The fourth-order valence-corrected chi connectivity index (χ4v) is 4.10. The first-order valence-corrected chi connectivity index (χ1v) is 7.90. The van der Waals surface area contributed by atoms with E-state index in [1.807, 2.05) is 18.5 Å². The van der Waals surface area contributed by atoms with Crippen LogP contribution in [-0.4, -0.2) is 26.6 Å². The Labute approximate surface area is 121 Å². The summed E-state index contributed by atoms with van der Waals surface area (Å²) in [5.41, 5.74) is 3.17. The summed E-state index contributed by atoms with van der Waals surface area (Å²) in [7, 11) is 0. The fraction of sp³-hybridized carbons (Fsp3) is 0.812. The highest BCUT2D eigenvalue weighted by molar-refractivity contribution is 5.26. The predicted octanol–water partition coefficient (Wildman–Crippen LogP) is 3.05. The smallest absolute Gasteiger partial charge is 0.0797 e. The zero-order chi connectivity index (χ0) is 14.3. The van der Waals surface area contributed by atoms with Gasteiger partial charge in [-0.05, 0) is 46.5 Å². The van der Waals surface area contributed by atoms with Gasteiger partial charge in [-0.15, -0.1) is 0 Å². The van der Waals surface area contributed by atoms with Crippen LogP contribution >= 0.6 is 0 Å². The first kappa shape index (κ1) is 14.1. The lowest BCUT2D eigenvalue weighted by atomic mass is 9.98. The molecule has 2 heterocycles. The number of aromatic nitrogens is 2. The number of aliphatic hydroxyl groups is 1. The molecule has 1 aliphatic carbocycles. The molecule has 1 aliphatic heterocycles. The molecule has 1 saturated carbocycles. The van der Waals surface area contributed by atoms with E-state index in [0.717, 1.165) is 29.9 Å². The lowest BCUT2D eigenvalue weighted by molar-refractivity contribution is -0.0431. The van der Waals surface area contributed by atoms with Gasteiger partial charge in [0.1, 0.15) is 0 Å². The largest absolute Gasteiger partial charge is 0.389 e. The van der Waals surface area contributed by atoms with E-state index in [2.05, 4.69) is 5.10 Å². The molecule has 0 amide bonds. The van der Waals surface area contributed by atoms with E-state index < -0.39 is 6.10 Å². The summed E-state index contributed by atoms with van der Waals surface area (Å²) in [6.45, 7) is 6.64. The Kier molecular flexibility index (Phi) is 3.63. The monoisotopic (exact) mass is 278 g/mol. The van der Waals surface area contributed by atoms with Crippen molar-refractivity contribution in [3.8, 4) is 0 Å². The highest BCUT2D eigenvalue weighted by Gasteiger charge is 2.42. The molecular weight excluding hydrogens is 252 g/mol. The molecule has 112 valence electrons. The summed E-state index contributed by atoms with van der Waals surface area (Å²) >= 11 is 0. The fourth-order valence-electron chi connectivity index (χ4n) is 4.10. The number of nitrogens with zero attached hydrogens (tertiary/aromatic N) is 2. The molecule has 1 spiro atoms. The van der Waals surface area contributed by atoms with Gasteiger partial charge in [0.2, 0.25) is 0 Å². The zero-order valence-corrected chi connectivity index (χ0v) is 12.9. The van der Waals surface area contributed by atoms with Gasteiger partial charge in [0, 0.05) is 11.3 Å². The maximum Gasteiger partial charge on any atom is 0.0797 e. The Morgan fingerprint density at radius 1 is 1.35 bits per heavy atom. The number of hydrogen-bond donors (Lipinski definition) is 1. The van der Waals surface area contributed by atoms with Crippen molar-refractivity contribution >= 4 is 0 Å². The van der Waals surface area contributed by atoms with Crippen LogP contribution in [0, 0.1) is 13.8 Å². The van der Waals surface area contributed by atoms with Crippen molar-refractivity contribution in [2.24, 2.45) is 0 Å². The highest BCUT2D eigenvalue weighted by Crippen LogP contribution is 2.43. The van der Waals surface area contributed by atoms with Gasteiger partial charge < -0.3 is 9.84 Å². The summed E-state index contributed by atoms with van der Waals surface area (Å²) in [5, 5.41) is 14.4.